The molecule has 24 rings (SSSR count). The Bertz CT molecular complexity index is 3750. The molecular weight excluding hydrogens is 1640 g/mol. The lowest BCUT2D eigenvalue weighted by molar-refractivity contribution is -0.218. The third-order valence-corrected chi connectivity index (χ3v) is 35.6. The van der Waals surface area contributed by atoms with Crippen LogP contribution in [0.15, 0.2) is 0 Å². The number of carbonyl (C=O) groups excluding carboxylic acids is 9. The molecule has 0 aromatic rings. The van der Waals surface area contributed by atoms with Crippen molar-refractivity contribution in [3.63, 3.8) is 0 Å². The SMILES string of the molecule is CC(F)(F)COC(=O)C(C)(COC(=O)C12CC3CC(C1)C(O)C(C3)C2)COC(=O)C12CC3CC(C1)C(O)C(C3)C2.CCC(COC(=O)C12CC3CC(C1)C(O)C(C3)C2)(COC(=O)C12CC3CC(C1)C(O)C(C3)C2)C(=O)OCC(C)(F)F.CCC1(OC(=O)COCC(COC(=O)C(C)(F)F)OCC(=O)OC2(CC)C3CC4CC(C3)CC2C4)C2CC3CC(C2)CC1C3. The van der Waals surface area contributed by atoms with Crippen molar-refractivity contribution in [1.29, 1.82) is 0 Å². The Morgan fingerprint density at radius 2 is 0.632 bits per heavy atom. The van der Waals surface area contributed by atoms with E-state index in [1.807, 2.05) is 0 Å². The van der Waals surface area contributed by atoms with Gasteiger partial charge in [-0.3, -0.25) is 28.8 Å². The van der Waals surface area contributed by atoms with E-state index in [1.165, 1.54) is 19.8 Å². The first-order valence-electron chi connectivity index (χ1n) is 47.6. The average Bonchev–Trinajstić information content (AvgIpc) is 0.754. The number of aliphatic hydroxyl groups excluding tert-OH is 4. The molecule has 24 saturated carbocycles. The summed E-state index contributed by atoms with van der Waals surface area (Å²) in [6, 6.07) is 0. The van der Waals surface area contributed by atoms with Gasteiger partial charge in [0.25, 0.3) is 11.8 Å². The zero-order valence-corrected chi connectivity index (χ0v) is 74.1. The van der Waals surface area contributed by atoms with E-state index in [-0.39, 0.29) is 67.0 Å². The summed E-state index contributed by atoms with van der Waals surface area (Å²) in [5.74, 6) is -10.3. The molecule has 0 saturated heterocycles. The van der Waals surface area contributed by atoms with Crippen molar-refractivity contribution in [2.75, 3.05) is 66.1 Å². The van der Waals surface area contributed by atoms with Crippen LogP contribution in [0.2, 0.25) is 0 Å². The van der Waals surface area contributed by atoms with Crippen molar-refractivity contribution in [2.24, 2.45) is 151 Å². The smallest absolute Gasteiger partial charge is 0.376 e. The molecule has 0 spiro atoms. The minimum atomic E-state index is -3.67. The largest absolute Gasteiger partial charge is 0.464 e. The van der Waals surface area contributed by atoms with Crippen molar-refractivity contribution in [3.05, 3.63) is 0 Å². The molecule has 0 aromatic heterocycles. The van der Waals surface area contributed by atoms with Crippen LogP contribution in [0, 0.1) is 151 Å². The van der Waals surface area contributed by atoms with Crippen molar-refractivity contribution in [3.8, 4) is 0 Å². The van der Waals surface area contributed by atoms with Crippen LogP contribution in [-0.2, 0) is 95.3 Å². The summed E-state index contributed by atoms with van der Waals surface area (Å²) >= 11 is 0. The van der Waals surface area contributed by atoms with Crippen molar-refractivity contribution in [1.82, 2.24) is 0 Å². The van der Waals surface area contributed by atoms with Crippen LogP contribution in [0.3, 0.4) is 0 Å². The number of ether oxygens (including phenoxy) is 11. The van der Waals surface area contributed by atoms with Gasteiger partial charge in [0.2, 0.25) is 0 Å². The molecule has 0 aliphatic heterocycles. The molecule has 0 heterocycles. The minimum absolute atomic E-state index is 0.0564. The van der Waals surface area contributed by atoms with E-state index in [9.17, 15) is 89.9 Å². The molecule has 24 fully saturated rings. The molecule has 24 aliphatic carbocycles. The van der Waals surface area contributed by atoms with Gasteiger partial charge in [-0.25, -0.2) is 31.9 Å². The molecule has 125 heavy (non-hydrogen) atoms. The maximum atomic E-state index is 13.6. The van der Waals surface area contributed by atoms with Gasteiger partial charge in [-0.1, -0.05) is 20.8 Å². The average molecular weight is 1780 g/mol. The number of hydrogen-bond acceptors (Lipinski definition) is 24. The van der Waals surface area contributed by atoms with Gasteiger partial charge in [-0.15, -0.1) is 0 Å². The predicted molar refractivity (Wildman–Crippen MR) is 430 cm³/mol. The first kappa shape index (κ1) is 92.8. The van der Waals surface area contributed by atoms with Crippen LogP contribution in [0.4, 0.5) is 26.3 Å². The fraction of sp³-hybridized carbons (Fsp3) is 0.905. The van der Waals surface area contributed by atoms with Crippen molar-refractivity contribution < 1.29 is 142 Å². The predicted octanol–water partition coefficient (Wildman–Crippen LogP) is 13.6. The first-order chi connectivity index (χ1) is 58.9. The highest BCUT2D eigenvalue weighted by molar-refractivity contribution is 5.83. The van der Waals surface area contributed by atoms with E-state index in [0.29, 0.717) is 145 Å². The molecule has 30 heteroatoms. The third-order valence-electron chi connectivity index (χ3n) is 35.6. The molecule has 0 radical (unpaired) electrons. The van der Waals surface area contributed by atoms with Crippen LogP contribution >= 0.6 is 0 Å². The first-order valence-corrected chi connectivity index (χ1v) is 47.6. The minimum Gasteiger partial charge on any atom is -0.464 e. The van der Waals surface area contributed by atoms with Gasteiger partial charge in [0, 0.05) is 20.8 Å². The van der Waals surface area contributed by atoms with E-state index >= 15 is 0 Å². The van der Waals surface area contributed by atoms with Crippen LogP contribution in [0.5, 0.6) is 0 Å². The fourth-order valence-corrected chi connectivity index (χ4v) is 30.8. The summed E-state index contributed by atoms with van der Waals surface area (Å²) in [5, 5.41) is 42.3. The van der Waals surface area contributed by atoms with Gasteiger partial charge in [0.05, 0.1) is 52.7 Å². The molecule has 24 bridgehead atoms. The quantitative estimate of drug-likeness (QED) is 0.0269. The summed E-state index contributed by atoms with van der Waals surface area (Å²) in [6.45, 7) is 3.34. The van der Waals surface area contributed by atoms with E-state index in [0.717, 1.165) is 139 Å². The standard InChI is InChI=1S/C34H50F2O8.C31H44F2O8.C30H42F2O8/c1-4-33(24-8-20-6-21(10-24)11-25(33)9-20)43-29(37)18-40-16-28(17-42-31(39)32(3,35)36)41-19-30(38)44-34(5-2)26-12-22-7-23(14-26)15-27(34)13-22;1-3-29(25(36)39-14-28(2,32)33,15-40-26(37)30-8-17-4-19(10-30)23(34)20(5-17)11-30)16-41-27(38)31-9-18-6-21(12-31)24(35)22(7-18)13-31;1-27(24(35)40-15-28(2,31)32,13-38-25(36)29-7-16-3-18(9-29)22(33)19(4-16)10-29)14-39-26(37)30-8-17-5-20(11-30)23(34)21(6-17)12-30/h20-28H,4-19H2,1-3H3;17-24,34-35H,3-16H2,1-2H3;16-23,33-34H,3-15H2,1-2H3. The Balaban J connectivity index is 0.000000139. The van der Waals surface area contributed by atoms with Crippen LogP contribution < -0.4 is 0 Å². The normalized spacial score (nSPS) is 42.7. The maximum absolute atomic E-state index is 13.6. The van der Waals surface area contributed by atoms with Crippen molar-refractivity contribution in [2.45, 2.75) is 320 Å². The number of halogens is 6. The van der Waals surface area contributed by atoms with Crippen molar-refractivity contribution >= 4 is 53.7 Å². The number of esters is 9. The highest BCUT2D eigenvalue weighted by Gasteiger charge is 2.67. The molecule has 24 nitrogen and oxygen atoms in total. The van der Waals surface area contributed by atoms with Crippen LogP contribution in [0.1, 0.15) is 260 Å². The van der Waals surface area contributed by atoms with Crippen LogP contribution in [-0.4, -0.2) is 200 Å². The topological polar surface area (TPSA) is 336 Å². The Morgan fingerprint density at radius 1 is 0.336 bits per heavy atom. The van der Waals surface area contributed by atoms with Crippen LogP contribution in [0.25, 0.3) is 0 Å². The monoisotopic (exact) mass is 1770 g/mol. The Kier molecular flexibility index (Phi) is 25.9. The lowest BCUT2D eigenvalue weighted by Gasteiger charge is -2.60. The molecule has 24 aliphatic rings. The van der Waals surface area contributed by atoms with Gasteiger partial charge < -0.3 is 72.5 Å². The lowest BCUT2D eigenvalue weighted by Crippen LogP contribution is -2.59. The summed E-state index contributed by atoms with van der Waals surface area (Å²) in [4.78, 5) is 118. The van der Waals surface area contributed by atoms with Gasteiger partial charge >= 0.3 is 59.6 Å². The number of alkyl halides is 6. The lowest BCUT2D eigenvalue weighted by atomic mass is 9.48. The molecule has 0 amide bonds. The second-order valence-corrected chi connectivity index (χ2v) is 44.9. The highest BCUT2D eigenvalue weighted by atomic mass is 19.3. The second kappa shape index (κ2) is 34.9. The summed E-state index contributed by atoms with van der Waals surface area (Å²) < 4.78 is 143. The Morgan fingerprint density at radius 3 is 0.920 bits per heavy atom. The van der Waals surface area contributed by atoms with E-state index < -0.39 is 199 Å². The number of rotatable bonds is 33. The zero-order chi connectivity index (χ0) is 89.3. The van der Waals surface area contributed by atoms with E-state index in [1.54, 1.807) is 6.92 Å². The summed E-state index contributed by atoms with van der Waals surface area (Å²) in [6.07, 6.45) is 24.5. The van der Waals surface area contributed by atoms with Gasteiger partial charge in [-0.05, 0) is 337 Å². The molecular formula is C95H136F6O24. The Labute approximate surface area is 729 Å². The molecule has 9 atom stereocenters. The molecule has 4 N–H and O–H groups in total. The number of aliphatic hydroxyl groups is 4. The highest BCUT2D eigenvalue weighted by Crippen LogP contribution is 2.67. The zero-order valence-electron chi connectivity index (χ0n) is 74.1. The number of carbonyl (C=O) groups is 9. The Hall–Kier alpha value is -5.43. The third kappa shape index (κ3) is 18.4. The maximum Gasteiger partial charge on any atom is 0.376 e. The molecule has 0 aromatic carbocycles. The summed E-state index contributed by atoms with van der Waals surface area (Å²) in [5.41, 5.74) is -7.10. The fourth-order valence-electron chi connectivity index (χ4n) is 30.8. The second-order valence-electron chi connectivity index (χ2n) is 44.9. The van der Waals surface area contributed by atoms with E-state index in [2.05, 4.69) is 13.8 Å². The molecule has 702 valence electrons. The molecule has 9 unspecified atom stereocenters. The van der Waals surface area contributed by atoms with E-state index in [4.69, 9.17) is 52.1 Å². The van der Waals surface area contributed by atoms with Gasteiger partial charge in [0.15, 0.2) is 13.2 Å². The number of hydrogen-bond donors (Lipinski definition) is 4. The van der Waals surface area contributed by atoms with Gasteiger partial charge in [0.1, 0.15) is 74.4 Å². The summed E-state index contributed by atoms with van der Waals surface area (Å²) in [7, 11) is 0. The van der Waals surface area contributed by atoms with Gasteiger partial charge in [-0.2, -0.15) is 8.78 Å².